The number of hydrogen-bond donors (Lipinski definition) is 0. The highest BCUT2D eigenvalue weighted by Crippen LogP contribution is 2.19. The molecule has 2 aromatic carbocycles. The maximum atomic E-state index is 12.0. The fraction of sp³-hybridized carbons (Fsp3) is 0.188. The van der Waals surface area contributed by atoms with Gasteiger partial charge in [0.15, 0.2) is 0 Å². The first-order valence-electron chi connectivity index (χ1n) is 5.97. The molecule has 0 aliphatic heterocycles. The lowest BCUT2D eigenvalue weighted by Gasteiger charge is -2.06. The summed E-state index contributed by atoms with van der Waals surface area (Å²) in [4.78, 5) is 12.0. The van der Waals surface area contributed by atoms with Crippen LogP contribution in [0.2, 0.25) is 0 Å². The summed E-state index contributed by atoms with van der Waals surface area (Å²) in [6.45, 7) is 4.28. The van der Waals surface area contributed by atoms with Crippen molar-refractivity contribution in [2.75, 3.05) is 6.61 Å². The number of fused-ring (bicyclic) bond motifs is 1. The van der Waals surface area contributed by atoms with Gasteiger partial charge in [0.05, 0.1) is 5.56 Å². The Hall–Kier alpha value is -2.09. The van der Waals surface area contributed by atoms with E-state index in [4.69, 9.17) is 4.74 Å². The lowest BCUT2D eigenvalue weighted by molar-refractivity contribution is 0.0551. The van der Waals surface area contributed by atoms with E-state index in [0.717, 1.165) is 16.3 Å². The van der Waals surface area contributed by atoms with Gasteiger partial charge in [-0.25, -0.2) is 4.79 Å². The molecule has 2 aromatic rings. The van der Waals surface area contributed by atoms with E-state index in [-0.39, 0.29) is 5.97 Å². The Bertz CT molecular complexity index is 588. The standard InChI is InChI=1S/C16H16O2/c1-12(2)10-11-18-16(17)15-9-5-7-13-6-3-4-8-14(13)15/h3-10H,11H2,1-2H3. The van der Waals surface area contributed by atoms with Crippen molar-refractivity contribution in [2.24, 2.45) is 0 Å². The molecule has 2 nitrogen and oxygen atoms in total. The molecule has 0 amide bonds. The smallest absolute Gasteiger partial charge is 0.339 e. The van der Waals surface area contributed by atoms with Gasteiger partial charge in [-0.05, 0) is 36.8 Å². The molecule has 2 heteroatoms. The van der Waals surface area contributed by atoms with Crippen LogP contribution in [-0.4, -0.2) is 12.6 Å². The second-order valence-corrected chi connectivity index (χ2v) is 4.41. The number of rotatable bonds is 3. The largest absolute Gasteiger partial charge is 0.458 e. The molecule has 0 fully saturated rings. The van der Waals surface area contributed by atoms with Gasteiger partial charge in [0.1, 0.15) is 6.61 Å². The van der Waals surface area contributed by atoms with Crippen molar-refractivity contribution in [3.63, 3.8) is 0 Å². The number of benzene rings is 2. The van der Waals surface area contributed by atoms with E-state index in [9.17, 15) is 4.79 Å². The van der Waals surface area contributed by atoms with Crippen molar-refractivity contribution in [2.45, 2.75) is 13.8 Å². The first-order valence-corrected chi connectivity index (χ1v) is 5.97. The molecule has 0 radical (unpaired) electrons. The van der Waals surface area contributed by atoms with Crippen molar-refractivity contribution in [3.8, 4) is 0 Å². The van der Waals surface area contributed by atoms with E-state index in [2.05, 4.69) is 0 Å². The van der Waals surface area contributed by atoms with Crippen LogP contribution >= 0.6 is 0 Å². The normalized spacial score (nSPS) is 10.1. The van der Waals surface area contributed by atoms with E-state index >= 15 is 0 Å². The molecule has 0 N–H and O–H groups in total. The van der Waals surface area contributed by atoms with Crippen molar-refractivity contribution in [1.82, 2.24) is 0 Å². The highest BCUT2D eigenvalue weighted by Gasteiger charge is 2.09. The van der Waals surface area contributed by atoms with Crippen LogP contribution in [0, 0.1) is 0 Å². The molecule has 0 saturated heterocycles. The SMILES string of the molecule is CC(C)=CCOC(=O)c1cccc2ccccc12. The molecule has 0 aliphatic rings. The monoisotopic (exact) mass is 240 g/mol. The molecule has 2 rings (SSSR count). The average Bonchev–Trinajstić information content (AvgIpc) is 2.37. The molecule has 0 aliphatic carbocycles. The van der Waals surface area contributed by atoms with Gasteiger partial charge in [-0.15, -0.1) is 0 Å². The second-order valence-electron chi connectivity index (χ2n) is 4.41. The summed E-state index contributed by atoms with van der Waals surface area (Å²) >= 11 is 0. The minimum atomic E-state index is -0.274. The lowest BCUT2D eigenvalue weighted by atomic mass is 10.1. The van der Waals surface area contributed by atoms with Crippen LogP contribution < -0.4 is 0 Å². The topological polar surface area (TPSA) is 26.3 Å². The maximum absolute atomic E-state index is 12.0. The number of esters is 1. The van der Waals surface area contributed by atoms with Gasteiger partial charge in [0, 0.05) is 0 Å². The summed E-state index contributed by atoms with van der Waals surface area (Å²) in [7, 11) is 0. The number of carbonyl (C=O) groups is 1. The molecular weight excluding hydrogens is 224 g/mol. The fourth-order valence-electron chi connectivity index (χ4n) is 1.77. The van der Waals surface area contributed by atoms with Gasteiger partial charge in [0.2, 0.25) is 0 Å². The molecule has 0 atom stereocenters. The molecule has 0 spiro atoms. The van der Waals surface area contributed by atoms with Gasteiger partial charge in [-0.2, -0.15) is 0 Å². The summed E-state index contributed by atoms with van der Waals surface area (Å²) < 4.78 is 5.23. The Morgan fingerprint density at radius 3 is 2.61 bits per heavy atom. The minimum Gasteiger partial charge on any atom is -0.458 e. The lowest BCUT2D eigenvalue weighted by Crippen LogP contribution is -2.05. The van der Waals surface area contributed by atoms with Gasteiger partial charge in [0.25, 0.3) is 0 Å². The third-order valence-corrected chi connectivity index (χ3v) is 2.72. The number of allylic oxidation sites excluding steroid dienone is 1. The van der Waals surface area contributed by atoms with E-state index in [1.54, 1.807) is 6.07 Å². The van der Waals surface area contributed by atoms with E-state index < -0.39 is 0 Å². The zero-order valence-corrected chi connectivity index (χ0v) is 10.6. The zero-order valence-electron chi connectivity index (χ0n) is 10.6. The van der Waals surface area contributed by atoms with Crippen molar-refractivity contribution < 1.29 is 9.53 Å². The van der Waals surface area contributed by atoms with Crippen molar-refractivity contribution in [3.05, 3.63) is 59.7 Å². The molecule has 0 unspecified atom stereocenters. The van der Waals surface area contributed by atoms with Crippen LogP contribution in [0.15, 0.2) is 54.1 Å². The molecule has 0 aromatic heterocycles. The summed E-state index contributed by atoms with van der Waals surface area (Å²) in [6, 6.07) is 13.5. The van der Waals surface area contributed by atoms with Crippen LogP contribution in [0.3, 0.4) is 0 Å². The molecule has 92 valence electrons. The molecular formula is C16H16O2. The summed E-state index contributed by atoms with van der Waals surface area (Å²) in [5.74, 6) is -0.274. The summed E-state index contributed by atoms with van der Waals surface area (Å²) in [5.41, 5.74) is 1.76. The predicted molar refractivity (Wildman–Crippen MR) is 73.7 cm³/mol. The van der Waals surface area contributed by atoms with Gasteiger partial charge in [-0.3, -0.25) is 0 Å². The Balaban J connectivity index is 2.25. The van der Waals surface area contributed by atoms with Gasteiger partial charge < -0.3 is 4.74 Å². The Morgan fingerprint density at radius 2 is 1.83 bits per heavy atom. The Kier molecular flexibility index (Phi) is 3.78. The molecule has 0 heterocycles. The number of hydrogen-bond acceptors (Lipinski definition) is 2. The van der Waals surface area contributed by atoms with Gasteiger partial charge >= 0.3 is 5.97 Å². The zero-order chi connectivity index (χ0) is 13.0. The van der Waals surface area contributed by atoms with Crippen LogP contribution in [0.1, 0.15) is 24.2 Å². The van der Waals surface area contributed by atoms with E-state index in [0.29, 0.717) is 12.2 Å². The van der Waals surface area contributed by atoms with Crippen LogP contribution in [0.25, 0.3) is 10.8 Å². The van der Waals surface area contributed by atoms with E-state index in [1.807, 2.05) is 56.3 Å². The average molecular weight is 240 g/mol. The number of ether oxygens (including phenoxy) is 1. The van der Waals surface area contributed by atoms with Crippen LogP contribution in [0.4, 0.5) is 0 Å². The highest BCUT2D eigenvalue weighted by molar-refractivity contribution is 6.04. The maximum Gasteiger partial charge on any atom is 0.339 e. The second kappa shape index (κ2) is 5.50. The van der Waals surface area contributed by atoms with Crippen molar-refractivity contribution >= 4 is 16.7 Å². The molecule has 18 heavy (non-hydrogen) atoms. The first kappa shape index (κ1) is 12.4. The number of carbonyl (C=O) groups excluding carboxylic acids is 1. The Morgan fingerprint density at radius 1 is 1.11 bits per heavy atom. The first-order chi connectivity index (χ1) is 8.68. The van der Waals surface area contributed by atoms with Crippen molar-refractivity contribution in [1.29, 1.82) is 0 Å². The Labute approximate surface area is 107 Å². The summed E-state index contributed by atoms with van der Waals surface area (Å²) in [5, 5.41) is 1.98. The fourth-order valence-corrected chi connectivity index (χ4v) is 1.77. The molecule has 0 bridgehead atoms. The summed E-state index contributed by atoms with van der Waals surface area (Å²) in [6.07, 6.45) is 1.89. The van der Waals surface area contributed by atoms with E-state index in [1.165, 1.54) is 0 Å². The third-order valence-electron chi connectivity index (χ3n) is 2.72. The van der Waals surface area contributed by atoms with Gasteiger partial charge in [-0.1, -0.05) is 42.0 Å². The molecule has 0 saturated carbocycles. The van der Waals surface area contributed by atoms with Crippen LogP contribution in [0.5, 0.6) is 0 Å². The van der Waals surface area contributed by atoms with Crippen LogP contribution in [-0.2, 0) is 4.74 Å². The highest BCUT2D eigenvalue weighted by atomic mass is 16.5. The quantitative estimate of drug-likeness (QED) is 0.599. The third kappa shape index (κ3) is 2.77. The predicted octanol–water partition coefficient (Wildman–Crippen LogP) is 3.96. The minimum absolute atomic E-state index is 0.274.